The van der Waals surface area contributed by atoms with Gasteiger partial charge in [0.25, 0.3) is 0 Å². The van der Waals surface area contributed by atoms with Gasteiger partial charge in [0.2, 0.25) is 6.29 Å². The SMILES string of the molecule is C/C=C(/C)C(=O)O[C@H]1[C@@H](O)[C@@H](C)O[C@@H](O[C@@H]2[C@@H](O)[C@H](Oc3c(C(C)C)ccc(C)c3O)O[C@H](C)[C@@H]2OC(=O)/C(C)=C\C)[C@@H]1O. The predicted octanol–water partition coefficient (Wildman–Crippen LogP) is 2.92. The Labute approximate surface area is 258 Å². The number of rotatable bonds is 9. The maximum absolute atomic E-state index is 12.8. The third-order valence-corrected chi connectivity index (χ3v) is 8.04. The van der Waals surface area contributed by atoms with Crippen LogP contribution in [0, 0.1) is 6.92 Å². The fourth-order valence-electron chi connectivity index (χ4n) is 4.86. The van der Waals surface area contributed by atoms with Gasteiger partial charge < -0.3 is 48.8 Å². The maximum Gasteiger partial charge on any atom is 0.333 e. The van der Waals surface area contributed by atoms with Crippen LogP contribution in [0.4, 0.5) is 0 Å². The van der Waals surface area contributed by atoms with Crippen LogP contribution in [0.15, 0.2) is 35.4 Å². The Balaban J connectivity index is 1.98. The van der Waals surface area contributed by atoms with Crippen molar-refractivity contribution >= 4 is 11.9 Å². The monoisotopic (exact) mass is 622 g/mol. The molecule has 2 fully saturated rings. The lowest BCUT2D eigenvalue weighted by Crippen LogP contribution is -2.65. The highest BCUT2D eigenvalue weighted by atomic mass is 16.7. The first-order valence-corrected chi connectivity index (χ1v) is 14.8. The highest BCUT2D eigenvalue weighted by Crippen LogP contribution is 2.40. The number of hydrogen-bond donors (Lipinski definition) is 4. The molecule has 0 spiro atoms. The molecule has 0 aromatic heterocycles. The molecule has 3 rings (SSSR count). The Bertz CT molecular complexity index is 1240. The molecule has 0 unspecified atom stereocenters. The van der Waals surface area contributed by atoms with Crippen molar-refractivity contribution in [3.8, 4) is 11.5 Å². The summed E-state index contributed by atoms with van der Waals surface area (Å²) in [7, 11) is 0. The average molecular weight is 623 g/mol. The molecule has 2 aliphatic rings. The molecule has 2 aliphatic heterocycles. The molecule has 12 nitrogen and oxygen atoms in total. The molecule has 2 saturated heterocycles. The fraction of sp³-hybridized carbons (Fsp3) is 0.625. The normalized spacial score (nSPS) is 33.2. The molecule has 0 amide bonds. The molecular weight excluding hydrogens is 576 g/mol. The number of benzene rings is 1. The average Bonchev–Trinajstić information content (AvgIpc) is 2.98. The van der Waals surface area contributed by atoms with E-state index in [-0.39, 0.29) is 23.0 Å². The summed E-state index contributed by atoms with van der Waals surface area (Å²) < 4.78 is 35.0. The zero-order valence-corrected chi connectivity index (χ0v) is 26.7. The topological polar surface area (TPSA) is 170 Å². The summed E-state index contributed by atoms with van der Waals surface area (Å²) in [6, 6.07) is 3.56. The van der Waals surface area contributed by atoms with E-state index in [1.807, 2.05) is 19.9 Å². The van der Waals surface area contributed by atoms with Crippen LogP contribution >= 0.6 is 0 Å². The number of esters is 2. The summed E-state index contributed by atoms with van der Waals surface area (Å²) in [6.07, 6.45) is -10.5. The minimum absolute atomic E-state index is 0.0521. The third kappa shape index (κ3) is 7.61. The van der Waals surface area contributed by atoms with Gasteiger partial charge in [0, 0.05) is 16.7 Å². The lowest BCUT2D eigenvalue weighted by molar-refractivity contribution is -0.347. The molecule has 10 atom stereocenters. The molecule has 246 valence electrons. The van der Waals surface area contributed by atoms with Crippen molar-refractivity contribution in [2.75, 3.05) is 0 Å². The number of phenolic OH excluding ortho intramolecular Hbond substituents is 1. The number of aryl methyl sites for hydroxylation is 1. The Hall–Kier alpha value is -3.00. The number of allylic oxidation sites excluding steroid dienone is 2. The third-order valence-electron chi connectivity index (χ3n) is 8.04. The van der Waals surface area contributed by atoms with Crippen LogP contribution in [-0.4, -0.2) is 93.8 Å². The molecule has 1 aromatic carbocycles. The van der Waals surface area contributed by atoms with Gasteiger partial charge in [0.1, 0.15) is 24.4 Å². The molecule has 2 heterocycles. The van der Waals surface area contributed by atoms with Crippen molar-refractivity contribution in [1.82, 2.24) is 0 Å². The van der Waals surface area contributed by atoms with Gasteiger partial charge in [-0.2, -0.15) is 0 Å². The number of hydrogen-bond acceptors (Lipinski definition) is 12. The van der Waals surface area contributed by atoms with Gasteiger partial charge >= 0.3 is 11.9 Å². The van der Waals surface area contributed by atoms with E-state index in [2.05, 4.69) is 0 Å². The van der Waals surface area contributed by atoms with Crippen molar-refractivity contribution in [3.63, 3.8) is 0 Å². The molecule has 12 heteroatoms. The minimum atomic E-state index is -1.69. The molecule has 1 aromatic rings. The van der Waals surface area contributed by atoms with E-state index in [4.69, 9.17) is 28.4 Å². The summed E-state index contributed by atoms with van der Waals surface area (Å²) in [6.45, 7) is 15.0. The summed E-state index contributed by atoms with van der Waals surface area (Å²) >= 11 is 0. The van der Waals surface area contributed by atoms with Crippen LogP contribution in [0.2, 0.25) is 0 Å². The van der Waals surface area contributed by atoms with Crippen molar-refractivity contribution in [2.45, 2.75) is 130 Å². The maximum atomic E-state index is 12.8. The van der Waals surface area contributed by atoms with Crippen molar-refractivity contribution in [3.05, 3.63) is 46.6 Å². The Morgan fingerprint density at radius 1 is 0.818 bits per heavy atom. The van der Waals surface area contributed by atoms with Gasteiger partial charge in [-0.25, -0.2) is 9.59 Å². The Kier molecular flexibility index (Phi) is 12.0. The van der Waals surface area contributed by atoms with E-state index >= 15 is 0 Å². The molecule has 0 aliphatic carbocycles. The molecule has 0 bridgehead atoms. The number of aliphatic hydroxyl groups is 3. The molecule has 0 radical (unpaired) electrons. The first kappa shape index (κ1) is 35.5. The zero-order valence-electron chi connectivity index (χ0n) is 26.7. The molecule has 0 saturated carbocycles. The largest absolute Gasteiger partial charge is 0.504 e. The summed E-state index contributed by atoms with van der Waals surface area (Å²) in [4.78, 5) is 25.3. The number of aliphatic hydroxyl groups excluding tert-OH is 3. The highest BCUT2D eigenvalue weighted by molar-refractivity contribution is 5.88. The van der Waals surface area contributed by atoms with Gasteiger partial charge in [0.05, 0.1) is 12.2 Å². The number of carbonyl (C=O) groups is 2. The van der Waals surface area contributed by atoms with Crippen LogP contribution < -0.4 is 4.74 Å². The van der Waals surface area contributed by atoms with Crippen LogP contribution in [0.25, 0.3) is 0 Å². The van der Waals surface area contributed by atoms with Crippen molar-refractivity contribution in [2.24, 2.45) is 0 Å². The van der Waals surface area contributed by atoms with E-state index in [0.717, 1.165) is 0 Å². The van der Waals surface area contributed by atoms with E-state index in [1.54, 1.807) is 46.8 Å². The minimum Gasteiger partial charge on any atom is -0.504 e. The van der Waals surface area contributed by atoms with Gasteiger partial charge in [0.15, 0.2) is 30.0 Å². The van der Waals surface area contributed by atoms with E-state index in [0.29, 0.717) is 16.7 Å². The Morgan fingerprint density at radius 2 is 1.34 bits per heavy atom. The molecule has 4 N–H and O–H groups in total. The number of phenols is 1. The highest BCUT2D eigenvalue weighted by Gasteiger charge is 2.53. The van der Waals surface area contributed by atoms with Crippen LogP contribution in [0.5, 0.6) is 11.5 Å². The number of ether oxygens (including phenoxy) is 6. The van der Waals surface area contributed by atoms with Crippen LogP contribution in [-0.2, 0) is 33.3 Å². The van der Waals surface area contributed by atoms with E-state index < -0.39 is 73.4 Å². The lowest BCUT2D eigenvalue weighted by Gasteiger charge is -2.46. The summed E-state index contributed by atoms with van der Waals surface area (Å²) in [5.41, 5.74) is 1.78. The number of aromatic hydroxyl groups is 1. The summed E-state index contributed by atoms with van der Waals surface area (Å²) in [5.74, 6) is -1.49. The first-order chi connectivity index (χ1) is 20.6. The van der Waals surface area contributed by atoms with Crippen molar-refractivity contribution in [1.29, 1.82) is 0 Å². The van der Waals surface area contributed by atoms with Crippen molar-refractivity contribution < 1.29 is 58.4 Å². The molecule has 44 heavy (non-hydrogen) atoms. The van der Waals surface area contributed by atoms with E-state index in [1.165, 1.54) is 19.9 Å². The first-order valence-electron chi connectivity index (χ1n) is 14.8. The standard InChI is InChI=1S/C32H46O12/c1-10-15(5)29(37)41-25-19(9)40-32(43-26-20(14(3)4)13-12-17(7)21(26)33)24(36)28(25)44-31-23(35)27(22(34)18(8)39-31)42-30(38)16(6)11-2/h10-14,18-19,22-25,27-28,31-36H,1-9H3/b15-10-,16-11-/t18-,19-,22+,23-,24-,25+,27+,28-,31+,32+/m1/s1. The zero-order chi connectivity index (χ0) is 33.0. The lowest BCUT2D eigenvalue weighted by atomic mass is 9.96. The second kappa shape index (κ2) is 14.9. The second-order valence-electron chi connectivity index (χ2n) is 11.6. The Morgan fingerprint density at radius 3 is 1.89 bits per heavy atom. The quantitative estimate of drug-likeness (QED) is 0.235. The van der Waals surface area contributed by atoms with Gasteiger partial charge in [-0.15, -0.1) is 0 Å². The molecular formula is C32H46O12. The predicted molar refractivity (Wildman–Crippen MR) is 158 cm³/mol. The van der Waals surface area contributed by atoms with Gasteiger partial charge in [-0.05, 0) is 59.9 Å². The van der Waals surface area contributed by atoms with Gasteiger partial charge in [-0.1, -0.05) is 38.1 Å². The van der Waals surface area contributed by atoms with Gasteiger partial charge in [-0.3, -0.25) is 0 Å². The smallest absolute Gasteiger partial charge is 0.333 e. The fourth-order valence-corrected chi connectivity index (χ4v) is 4.86. The van der Waals surface area contributed by atoms with E-state index in [9.17, 15) is 30.0 Å². The summed E-state index contributed by atoms with van der Waals surface area (Å²) in [5, 5.41) is 44.3. The van der Waals surface area contributed by atoms with Crippen LogP contribution in [0.1, 0.15) is 72.4 Å². The second-order valence-corrected chi connectivity index (χ2v) is 11.6. The van der Waals surface area contributed by atoms with Crippen LogP contribution in [0.3, 0.4) is 0 Å². The number of carbonyl (C=O) groups excluding carboxylic acids is 2.